The Morgan fingerprint density at radius 3 is 2.74 bits per heavy atom. The molecule has 0 aliphatic heterocycles. The molecule has 0 amide bonds. The molecule has 0 N–H and O–H groups in total. The van der Waals surface area contributed by atoms with Crippen LogP contribution in [0.4, 0.5) is 0 Å². The van der Waals surface area contributed by atoms with Crippen LogP contribution in [0.25, 0.3) is 0 Å². The molecule has 1 saturated carbocycles. The molecule has 19 heavy (non-hydrogen) atoms. The van der Waals surface area contributed by atoms with Crippen LogP contribution in [0, 0.1) is 5.41 Å². The average Bonchev–Trinajstić information content (AvgIpc) is 2.82. The normalized spacial score (nSPS) is 23.7. The van der Waals surface area contributed by atoms with Crippen molar-refractivity contribution < 1.29 is 8.42 Å². The van der Waals surface area contributed by atoms with Gasteiger partial charge in [0.05, 0.1) is 0 Å². The lowest BCUT2D eigenvalue weighted by atomic mass is 9.75. The molecule has 2 rings (SSSR count). The fourth-order valence-electron chi connectivity index (χ4n) is 3.05. The van der Waals surface area contributed by atoms with E-state index in [1.165, 1.54) is 17.8 Å². The van der Waals surface area contributed by atoms with Crippen molar-refractivity contribution in [2.45, 2.75) is 56.7 Å². The van der Waals surface area contributed by atoms with E-state index in [1.54, 1.807) is 16.4 Å². The summed E-state index contributed by atoms with van der Waals surface area (Å²) in [7, 11) is -3.31. The Labute approximate surface area is 120 Å². The molecule has 3 nitrogen and oxygen atoms in total. The molecule has 1 aliphatic rings. The SMILES string of the molecule is CCN(C1CCCC(C)(C)C1)S(=O)(=O)c1cccs1. The maximum atomic E-state index is 12.7. The minimum absolute atomic E-state index is 0.154. The smallest absolute Gasteiger partial charge is 0.206 e. The van der Waals surface area contributed by atoms with Crippen molar-refractivity contribution in [3.8, 4) is 0 Å². The van der Waals surface area contributed by atoms with E-state index in [-0.39, 0.29) is 11.5 Å². The van der Waals surface area contributed by atoms with Gasteiger partial charge < -0.3 is 0 Å². The Balaban J connectivity index is 2.25. The molecule has 1 aliphatic carbocycles. The summed E-state index contributed by atoms with van der Waals surface area (Å²) in [5.74, 6) is 0. The summed E-state index contributed by atoms with van der Waals surface area (Å²) in [6.45, 7) is 6.98. The second kappa shape index (κ2) is 5.54. The van der Waals surface area contributed by atoms with Crippen LogP contribution in [0.1, 0.15) is 46.5 Å². The van der Waals surface area contributed by atoms with Gasteiger partial charge >= 0.3 is 0 Å². The molecule has 1 unspecified atom stereocenters. The van der Waals surface area contributed by atoms with Gasteiger partial charge in [-0.25, -0.2) is 8.42 Å². The van der Waals surface area contributed by atoms with Crippen LogP contribution < -0.4 is 0 Å². The fraction of sp³-hybridized carbons (Fsp3) is 0.714. The number of rotatable bonds is 4. The number of hydrogen-bond donors (Lipinski definition) is 0. The number of sulfonamides is 1. The van der Waals surface area contributed by atoms with Gasteiger partial charge in [-0.05, 0) is 36.1 Å². The van der Waals surface area contributed by atoms with E-state index in [0.717, 1.165) is 19.3 Å². The summed E-state index contributed by atoms with van der Waals surface area (Å²) < 4.78 is 27.5. The van der Waals surface area contributed by atoms with E-state index in [9.17, 15) is 8.42 Å². The summed E-state index contributed by atoms with van der Waals surface area (Å²) >= 11 is 1.31. The van der Waals surface area contributed by atoms with Crippen molar-refractivity contribution in [2.75, 3.05) is 6.54 Å². The molecule has 108 valence electrons. The predicted octanol–water partition coefficient (Wildman–Crippen LogP) is 3.73. The van der Waals surface area contributed by atoms with Crippen molar-refractivity contribution in [1.82, 2.24) is 4.31 Å². The van der Waals surface area contributed by atoms with Crippen LogP contribution in [0.15, 0.2) is 21.7 Å². The van der Waals surface area contributed by atoms with Gasteiger partial charge in [-0.15, -0.1) is 11.3 Å². The number of nitrogens with zero attached hydrogens (tertiary/aromatic N) is 1. The second-order valence-corrected chi connectivity index (χ2v) is 9.12. The Morgan fingerprint density at radius 1 is 1.47 bits per heavy atom. The largest absolute Gasteiger partial charge is 0.252 e. The van der Waals surface area contributed by atoms with Gasteiger partial charge in [-0.1, -0.05) is 33.3 Å². The monoisotopic (exact) mass is 301 g/mol. The minimum atomic E-state index is -3.31. The number of thiophene rings is 1. The van der Waals surface area contributed by atoms with Crippen LogP contribution in [-0.2, 0) is 10.0 Å². The predicted molar refractivity (Wildman–Crippen MR) is 79.9 cm³/mol. The Hall–Kier alpha value is -0.390. The first-order valence-corrected chi connectivity index (χ1v) is 9.24. The van der Waals surface area contributed by atoms with Crippen molar-refractivity contribution in [3.63, 3.8) is 0 Å². The van der Waals surface area contributed by atoms with Gasteiger partial charge in [-0.3, -0.25) is 0 Å². The van der Waals surface area contributed by atoms with Crippen molar-refractivity contribution in [1.29, 1.82) is 0 Å². The lowest BCUT2D eigenvalue weighted by Crippen LogP contribution is -2.44. The van der Waals surface area contributed by atoms with Gasteiger partial charge in [0.15, 0.2) is 0 Å². The van der Waals surface area contributed by atoms with Gasteiger partial charge in [0, 0.05) is 12.6 Å². The highest BCUT2D eigenvalue weighted by molar-refractivity contribution is 7.91. The Bertz CT molecular complexity index is 506. The summed E-state index contributed by atoms with van der Waals surface area (Å²) in [6.07, 6.45) is 4.27. The zero-order valence-corrected chi connectivity index (χ0v) is 13.6. The lowest BCUT2D eigenvalue weighted by Gasteiger charge is -2.40. The van der Waals surface area contributed by atoms with Crippen molar-refractivity contribution in [2.24, 2.45) is 5.41 Å². The van der Waals surface area contributed by atoms with Crippen LogP contribution in [0.3, 0.4) is 0 Å². The van der Waals surface area contributed by atoms with Gasteiger partial charge in [0.2, 0.25) is 0 Å². The first-order valence-electron chi connectivity index (χ1n) is 6.92. The first-order chi connectivity index (χ1) is 8.87. The molecule has 0 spiro atoms. The third-order valence-corrected chi connectivity index (χ3v) is 7.36. The zero-order valence-electron chi connectivity index (χ0n) is 11.9. The van der Waals surface area contributed by atoms with E-state index < -0.39 is 10.0 Å². The summed E-state index contributed by atoms with van der Waals surface area (Å²) in [5.41, 5.74) is 0.251. The molecule has 0 aromatic carbocycles. The molecule has 0 bridgehead atoms. The van der Waals surface area contributed by atoms with Crippen molar-refractivity contribution >= 4 is 21.4 Å². The van der Waals surface area contributed by atoms with Gasteiger partial charge in [-0.2, -0.15) is 4.31 Å². The van der Waals surface area contributed by atoms with Crippen LogP contribution in [0.5, 0.6) is 0 Å². The quantitative estimate of drug-likeness (QED) is 0.850. The highest BCUT2D eigenvalue weighted by atomic mass is 32.2. The van der Waals surface area contributed by atoms with Crippen LogP contribution in [-0.4, -0.2) is 25.3 Å². The maximum absolute atomic E-state index is 12.7. The Morgan fingerprint density at radius 2 is 2.21 bits per heavy atom. The molecule has 1 fully saturated rings. The molecular formula is C14H23NO2S2. The standard InChI is InChI=1S/C14H23NO2S2/c1-4-15(12-7-5-9-14(2,3)11-12)19(16,17)13-8-6-10-18-13/h6,8,10,12H,4-5,7,9,11H2,1-3H3. The molecule has 0 saturated heterocycles. The molecular weight excluding hydrogens is 278 g/mol. The summed E-state index contributed by atoms with van der Waals surface area (Å²) in [6, 6.07) is 3.66. The molecule has 1 heterocycles. The highest BCUT2D eigenvalue weighted by Gasteiger charge is 2.36. The van der Waals surface area contributed by atoms with Crippen molar-refractivity contribution in [3.05, 3.63) is 17.5 Å². The average molecular weight is 301 g/mol. The Kier molecular flexibility index (Phi) is 4.38. The summed E-state index contributed by atoms with van der Waals surface area (Å²) in [4.78, 5) is 0. The lowest BCUT2D eigenvalue weighted by molar-refractivity contribution is 0.152. The fourth-order valence-corrected chi connectivity index (χ4v) is 5.84. The summed E-state index contributed by atoms with van der Waals surface area (Å²) in [5, 5.41) is 1.82. The molecule has 5 heteroatoms. The number of hydrogen-bond acceptors (Lipinski definition) is 3. The van der Waals surface area contributed by atoms with E-state index in [2.05, 4.69) is 13.8 Å². The van der Waals surface area contributed by atoms with Gasteiger partial charge in [0.1, 0.15) is 4.21 Å². The van der Waals surface area contributed by atoms with Gasteiger partial charge in [0.25, 0.3) is 10.0 Å². The molecule has 1 atom stereocenters. The van der Waals surface area contributed by atoms with E-state index in [1.807, 2.05) is 12.3 Å². The van der Waals surface area contributed by atoms with E-state index in [0.29, 0.717) is 10.8 Å². The third kappa shape index (κ3) is 3.20. The van der Waals surface area contributed by atoms with E-state index >= 15 is 0 Å². The maximum Gasteiger partial charge on any atom is 0.252 e. The third-order valence-electron chi connectivity index (χ3n) is 3.96. The van der Waals surface area contributed by atoms with E-state index in [4.69, 9.17) is 0 Å². The zero-order chi connectivity index (χ0) is 14.1. The second-order valence-electron chi connectivity index (χ2n) is 6.05. The first kappa shape index (κ1) is 15.0. The molecule has 1 aromatic rings. The van der Waals surface area contributed by atoms with Crippen LogP contribution >= 0.6 is 11.3 Å². The molecule has 0 radical (unpaired) electrons. The minimum Gasteiger partial charge on any atom is -0.206 e. The topological polar surface area (TPSA) is 37.4 Å². The molecule has 1 aromatic heterocycles. The van der Waals surface area contributed by atoms with Crippen LogP contribution in [0.2, 0.25) is 0 Å². The highest BCUT2D eigenvalue weighted by Crippen LogP contribution is 2.39.